The molecule has 6 fully saturated rings. The number of amides is 3. The number of ether oxygens (including phenoxy) is 1. The first-order valence-electron chi connectivity index (χ1n) is 37.0. The summed E-state index contributed by atoms with van der Waals surface area (Å²) in [4.78, 5) is 101. The van der Waals surface area contributed by atoms with Crippen molar-refractivity contribution in [1.82, 2.24) is 45.9 Å². The van der Waals surface area contributed by atoms with E-state index < -0.39 is 85.5 Å². The van der Waals surface area contributed by atoms with E-state index in [4.69, 9.17) is 35.3 Å². The topological polar surface area (TPSA) is 361 Å². The van der Waals surface area contributed by atoms with Gasteiger partial charge >= 0.3 is 24.3 Å². The molecule has 6 aliphatic carbocycles. The molecule has 6 saturated carbocycles. The zero-order valence-corrected chi connectivity index (χ0v) is 66.8. The van der Waals surface area contributed by atoms with Gasteiger partial charge in [-0.3, -0.25) is 34.1 Å². The first kappa shape index (κ1) is 89.3. The van der Waals surface area contributed by atoms with Gasteiger partial charge in [0.15, 0.2) is 5.78 Å². The maximum Gasteiger partial charge on any atom is 0.405 e. The highest BCUT2D eigenvalue weighted by Crippen LogP contribution is 2.66. The molecule has 12 aromatic rings. The minimum Gasteiger partial charge on any atom is -0.478 e. The van der Waals surface area contributed by atoms with Gasteiger partial charge in [0.25, 0.3) is 24.1 Å². The average Bonchev–Trinajstić information content (AvgIpc) is 1.60. The highest BCUT2D eigenvalue weighted by Gasteiger charge is 2.57. The number of hydrogen-bond donors (Lipinski definition) is 8. The van der Waals surface area contributed by atoms with Crippen LogP contribution in [-0.2, 0) is 4.74 Å². The van der Waals surface area contributed by atoms with Crippen LogP contribution in [0.15, 0.2) is 141 Å². The van der Waals surface area contributed by atoms with Gasteiger partial charge in [0.1, 0.15) is 58.1 Å². The lowest BCUT2D eigenvalue weighted by Gasteiger charge is -2.62. The number of pyridine rings is 6. The van der Waals surface area contributed by atoms with Gasteiger partial charge in [-0.15, -0.1) is 12.4 Å². The lowest BCUT2D eigenvalue weighted by Crippen LogP contribution is -2.64. The summed E-state index contributed by atoms with van der Waals surface area (Å²) >= 11 is 6.42. The van der Waals surface area contributed by atoms with Gasteiger partial charge in [0.05, 0.1) is 75.6 Å². The fourth-order valence-corrected chi connectivity index (χ4v) is 14.7. The summed E-state index contributed by atoms with van der Waals surface area (Å²) in [7, 11) is 5.63. The number of alkyl halides is 8. The predicted octanol–water partition coefficient (Wildman–Crippen LogP) is 17.7. The molecule has 24 nitrogen and oxygen atoms in total. The largest absolute Gasteiger partial charge is 0.478 e. The van der Waals surface area contributed by atoms with Gasteiger partial charge in [0, 0.05) is 113 Å². The van der Waals surface area contributed by atoms with Gasteiger partial charge in [-0.25, -0.2) is 36.5 Å². The zero-order chi connectivity index (χ0) is 86.8. The second-order valence-electron chi connectivity index (χ2n) is 29.2. The zero-order valence-electron chi connectivity index (χ0n) is 65.2. The number of halogens is 13. The number of methoxy groups -OCH3 is 1. The molecule has 0 radical (unpaired) electrons. The molecule has 0 saturated heterocycles. The molecular formula is C84H76Cl2F11N13O11. The maximum absolute atomic E-state index is 13.6. The highest BCUT2D eigenvalue weighted by atomic mass is 35.5. The Labute approximate surface area is 692 Å². The number of carbonyl (C=O) groups is 6. The van der Waals surface area contributed by atoms with Crippen LogP contribution in [0.1, 0.15) is 124 Å². The molecule has 121 heavy (non-hydrogen) atoms. The molecule has 10 N–H and O–H groups in total. The first-order valence-corrected chi connectivity index (χ1v) is 37.4. The van der Waals surface area contributed by atoms with Crippen LogP contribution < -0.4 is 38.1 Å². The SMILES string of the molecule is CNC(=O)c1c(-c2ccc(F)cc2)oc2nc(Cl)c(-c3cnc(C)c(C(=O)OC)c3)cc12.CNC(=O)c1c(-c2ccc(F)cc2)oc2nc(NCC(F)(F)F)c(-c3cnc(C)c(C(=O)O)c3)cc12.CNC(=O)c1c(-c2ccc(F)cc2)oc2nc(NCC(F)F)c(-c3cnc(C)c(C(=O)CC45CC(C4)C5)c3)cc12.Cl.NC12CC(C1)C2.NCC(F)(F)F. The number of Topliss-reactive ketones (excluding diaryl/α,β-unsaturated/α-hetero) is 1. The number of nitrogens with zero attached hydrogens (tertiary/aromatic N) is 6. The minimum atomic E-state index is -4.58. The maximum atomic E-state index is 13.6. The summed E-state index contributed by atoms with van der Waals surface area (Å²) in [6.07, 6.45) is 0.705. The Hall–Kier alpha value is -12.5. The van der Waals surface area contributed by atoms with Crippen LogP contribution in [-0.4, -0.2) is 143 Å². The van der Waals surface area contributed by atoms with Crippen LogP contribution >= 0.6 is 24.0 Å². The van der Waals surface area contributed by atoms with Crippen LogP contribution in [0, 0.1) is 55.5 Å². The van der Waals surface area contributed by atoms with E-state index in [1.54, 1.807) is 50.5 Å². The van der Waals surface area contributed by atoms with Gasteiger partial charge < -0.3 is 61.1 Å². The Bertz CT molecular complexity index is 5930. The number of carbonyl (C=O) groups excluding carboxylic acids is 5. The Morgan fingerprint density at radius 3 is 1.22 bits per heavy atom. The van der Waals surface area contributed by atoms with Crippen molar-refractivity contribution in [2.45, 2.75) is 90.0 Å². The van der Waals surface area contributed by atoms with Crippen LogP contribution in [0.5, 0.6) is 0 Å². The third kappa shape index (κ3) is 19.9. The number of rotatable bonds is 19. The number of benzene rings is 3. The van der Waals surface area contributed by atoms with Crippen LogP contribution in [0.2, 0.25) is 5.15 Å². The Kier molecular flexibility index (Phi) is 26.7. The molecule has 0 atom stereocenters. The number of ketones is 1. The second kappa shape index (κ2) is 36.2. The van der Waals surface area contributed by atoms with Gasteiger partial charge in [-0.2, -0.15) is 36.3 Å². The number of aryl methyl sites for hydroxylation is 3. The van der Waals surface area contributed by atoms with Crippen molar-refractivity contribution < 1.29 is 100 Å². The molecule has 0 unspecified atom stereocenters. The van der Waals surface area contributed by atoms with E-state index in [0.29, 0.717) is 78.6 Å². The lowest BCUT2D eigenvalue weighted by atomic mass is 9.43. The van der Waals surface area contributed by atoms with Crippen molar-refractivity contribution in [1.29, 1.82) is 0 Å². The average molecular weight is 1720 g/mol. The highest BCUT2D eigenvalue weighted by molar-refractivity contribution is 6.33. The number of aromatic nitrogens is 6. The van der Waals surface area contributed by atoms with E-state index in [0.717, 1.165) is 43.2 Å². The van der Waals surface area contributed by atoms with Crippen molar-refractivity contribution in [3.05, 3.63) is 201 Å². The van der Waals surface area contributed by atoms with E-state index in [1.165, 1.54) is 133 Å². The van der Waals surface area contributed by atoms with E-state index in [9.17, 15) is 82.2 Å². The summed E-state index contributed by atoms with van der Waals surface area (Å²) < 4.78 is 160. The van der Waals surface area contributed by atoms with Gasteiger partial charge in [0.2, 0.25) is 17.1 Å². The Morgan fingerprint density at radius 2 is 0.884 bits per heavy atom. The summed E-state index contributed by atoms with van der Waals surface area (Å²) in [5.74, 6) is -2.56. The Balaban J connectivity index is 0.000000165. The third-order valence-electron chi connectivity index (χ3n) is 20.7. The number of esters is 1. The molecule has 4 bridgehead atoms. The number of anilines is 2. The summed E-state index contributed by atoms with van der Waals surface area (Å²) in [5, 5.41) is 23.0. The van der Waals surface area contributed by atoms with Crippen LogP contribution in [0.25, 0.3) is 101 Å². The van der Waals surface area contributed by atoms with Gasteiger partial charge in [-0.05, 0) is 186 Å². The van der Waals surface area contributed by atoms with Crippen LogP contribution in [0.3, 0.4) is 0 Å². The minimum absolute atomic E-state index is 0. The van der Waals surface area contributed by atoms with Crippen molar-refractivity contribution in [2.75, 3.05) is 58.5 Å². The molecular weight excluding hydrogens is 1650 g/mol. The number of nitrogens with one attached hydrogen (secondary N) is 5. The van der Waals surface area contributed by atoms with Crippen molar-refractivity contribution in [2.24, 2.45) is 28.7 Å². The molecule has 3 amide bonds. The van der Waals surface area contributed by atoms with E-state index in [1.807, 2.05) is 0 Å². The van der Waals surface area contributed by atoms with Crippen LogP contribution in [0.4, 0.5) is 59.9 Å². The summed E-state index contributed by atoms with van der Waals surface area (Å²) in [6, 6.07) is 25.3. The smallest absolute Gasteiger partial charge is 0.405 e. The molecule has 9 heterocycles. The third-order valence-corrected chi connectivity index (χ3v) is 21.0. The molecule has 18 rings (SSSR count). The predicted molar refractivity (Wildman–Crippen MR) is 430 cm³/mol. The first-order chi connectivity index (χ1) is 56.8. The number of fused-ring (bicyclic) bond motifs is 3. The molecule has 634 valence electrons. The molecule has 0 aliphatic heterocycles. The fourth-order valence-electron chi connectivity index (χ4n) is 14.5. The lowest BCUT2D eigenvalue weighted by molar-refractivity contribution is -0.118. The van der Waals surface area contributed by atoms with E-state index in [2.05, 4.69) is 62.2 Å². The van der Waals surface area contributed by atoms with Gasteiger partial charge in [-0.1, -0.05) is 11.6 Å². The molecule has 37 heteroatoms. The number of carboxylic acid groups (broad SMARTS) is 1. The van der Waals surface area contributed by atoms with E-state index >= 15 is 0 Å². The number of carboxylic acids is 1. The number of furan rings is 3. The quantitative estimate of drug-likeness (QED) is 0.0161. The number of hydrogen-bond acceptors (Lipinski definition) is 20. The number of aromatic carboxylic acids is 1. The van der Waals surface area contributed by atoms with Crippen molar-refractivity contribution in [3.8, 4) is 67.4 Å². The monoisotopic (exact) mass is 1720 g/mol. The standard InChI is InChI=1S/C30H27F3N4O3.C24H18F4N4O4.C23H17ClFN3O4.C5H9N.C2H4F3N.ClH/c1-15-20(23(38)12-30-9-16(10-30)11-30)7-18(13-35-15)21-8-22-25(28(39)34-2)26(17-3-5-19(31)6-4-17)40-29(22)37-27(21)36-14-24(32)33;1-11-15(23(34)35)7-13(9-30-11)16-8-17-18(21(33)29-2)19(12-3-5-14(25)6-4-12)36-22(17)32-20(16)31-10-24(26,27)28;1-11-15(23(30)31-3)8-13(10-27-11)16-9-17-18(21(29)26-2)19(32-22(17)28-20(16)24)12-4-6-14(25)7-5-12;6-5-1-4(2-5)3-5;3-2(4,5)1-6;/h3-8,13,16,24H,9-12,14H2,1-2H3,(H,34,39)(H,36,37);3-9H,10H2,1-2H3,(H,29,33)(H,31,32)(H,34,35);4-10H,1-3H3,(H,26,29);4H,1-3,6H2;1,6H2;1H. The molecule has 3 aromatic carbocycles. The van der Waals surface area contributed by atoms with Crippen molar-refractivity contribution in [3.63, 3.8) is 0 Å². The van der Waals surface area contributed by atoms with E-state index in [-0.39, 0.29) is 125 Å². The summed E-state index contributed by atoms with van der Waals surface area (Å²) in [6.45, 7) is 1.60. The summed E-state index contributed by atoms with van der Waals surface area (Å²) in [5.41, 5.74) is 16.1. The Morgan fingerprint density at radius 1 is 0.537 bits per heavy atom. The number of nitrogens with two attached hydrogens (primary N) is 2. The molecule has 0 spiro atoms. The van der Waals surface area contributed by atoms with Crippen molar-refractivity contribution >= 4 is 104 Å². The molecule has 9 aromatic heterocycles. The molecule has 6 aliphatic rings. The normalized spacial score (nSPS) is 16.4. The fraction of sp³-hybridized carbons (Fsp3) is 0.286. The second-order valence-corrected chi connectivity index (χ2v) is 29.5.